The Kier molecular flexibility index (Phi) is 4.82. The molecule has 0 fully saturated rings. The Morgan fingerprint density at radius 3 is 2.78 bits per heavy atom. The fourth-order valence-corrected chi connectivity index (χ4v) is 3.99. The molecule has 0 saturated heterocycles. The van der Waals surface area contributed by atoms with Crippen molar-refractivity contribution in [3.05, 3.63) is 43.6 Å². The van der Waals surface area contributed by atoms with Crippen LogP contribution in [0.4, 0.5) is 0 Å². The molecule has 3 aromatic rings. The van der Waals surface area contributed by atoms with Crippen molar-refractivity contribution in [3.8, 4) is 0 Å². The summed E-state index contributed by atoms with van der Waals surface area (Å²) < 4.78 is 5.24. The third-order valence-corrected chi connectivity index (χ3v) is 5.27. The highest BCUT2D eigenvalue weighted by atomic mass is 35.5. The summed E-state index contributed by atoms with van der Waals surface area (Å²) in [6.45, 7) is 8.48. The smallest absolute Gasteiger partial charge is 0.254 e. The minimum absolute atomic E-state index is 0.632. The standard InChI is InChI=1S/C15H18ClN5S2/c1-4-19(8-12-5-6-13(16)23-12)9-20-15(22)21-11(3)7-10(2)17-14(21)18-20/h5-7H,4,8-9H2,1-3H3. The number of hydrogen-bond donors (Lipinski definition) is 0. The molecule has 0 saturated carbocycles. The molecular formula is C15H18ClN5S2. The minimum Gasteiger partial charge on any atom is -0.279 e. The molecule has 0 aliphatic rings. The second kappa shape index (κ2) is 6.68. The first-order chi connectivity index (χ1) is 11.0. The van der Waals surface area contributed by atoms with Gasteiger partial charge in [0, 0.05) is 22.8 Å². The Bertz CT molecular complexity index is 895. The Morgan fingerprint density at radius 1 is 1.35 bits per heavy atom. The lowest BCUT2D eigenvalue weighted by molar-refractivity contribution is 0.209. The number of fused-ring (bicyclic) bond motifs is 1. The molecule has 3 aromatic heterocycles. The maximum atomic E-state index is 6.01. The molecule has 122 valence electrons. The highest BCUT2D eigenvalue weighted by Crippen LogP contribution is 2.22. The highest BCUT2D eigenvalue weighted by molar-refractivity contribution is 7.71. The van der Waals surface area contributed by atoms with Crippen LogP contribution in [0.25, 0.3) is 5.78 Å². The fourth-order valence-electron chi connectivity index (χ4n) is 2.53. The molecule has 0 amide bonds. The van der Waals surface area contributed by atoms with Crippen LogP contribution in [0.5, 0.6) is 0 Å². The molecule has 0 radical (unpaired) electrons. The summed E-state index contributed by atoms with van der Waals surface area (Å²) in [4.78, 5) is 7.97. The van der Waals surface area contributed by atoms with Crippen molar-refractivity contribution in [2.24, 2.45) is 0 Å². The van der Waals surface area contributed by atoms with Gasteiger partial charge in [-0.3, -0.25) is 9.30 Å². The molecule has 0 aromatic carbocycles. The summed E-state index contributed by atoms with van der Waals surface area (Å²) in [7, 11) is 0. The van der Waals surface area contributed by atoms with Crippen LogP contribution in [-0.2, 0) is 13.2 Å². The lowest BCUT2D eigenvalue weighted by Gasteiger charge is -2.18. The van der Waals surface area contributed by atoms with Crippen LogP contribution in [0.3, 0.4) is 0 Å². The van der Waals surface area contributed by atoms with Gasteiger partial charge in [0.2, 0.25) is 4.77 Å². The lowest BCUT2D eigenvalue weighted by Crippen LogP contribution is -2.26. The molecule has 0 unspecified atom stereocenters. The molecule has 8 heteroatoms. The molecule has 5 nitrogen and oxygen atoms in total. The van der Waals surface area contributed by atoms with Crippen molar-refractivity contribution < 1.29 is 0 Å². The molecule has 23 heavy (non-hydrogen) atoms. The summed E-state index contributed by atoms with van der Waals surface area (Å²) in [6, 6.07) is 6.01. The molecule has 0 atom stereocenters. The Hall–Kier alpha value is -1.28. The van der Waals surface area contributed by atoms with Crippen LogP contribution >= 0.6 is 35.2 Å². The Balaban J connectivity index is 1.89. The van der Waals surface area contributed by atoms with Crippen LogP contribution in [0.2, 0.25) is 4.34 Å². The molecule has 3 rings (SSSR count). The van der Waals surface area contributed by atoms with Crippen molar-refractivity contribution in [3.63, 3.8) is 0 Å². The van der Waals surface area contributed by atoms with Gasteiger partial charge in [-0.15, -0.1) is 16.4 Å². The molecule has 0 aliphatic heterocycles. The van der Waals surface area contributed by atoms with E-state index in [0.717, 1.165) is 28.8 Å². The van der Waals surface area contributed by atoms with E-state index in [0.29, 0.717) is 17.2 Å². The fraction of sp³-hybridized carbons (Fsp3) is 0.400. The minimum atomic E-state index is 0.632. The SMILES string of the molecule is CCN(Cc1ccc(Cl)s1)Cn1nc2nc(C)cc(C)n2c1=S. The number of thiophene rings is 1. The zero-order chi connectivity index (χ0) is 16.6. The summed E-state index contributed by atoms with van der Waals surface area (Å²) in [5.41, 5.74) is 2.00. The van der Waals surface area contributed by atoms with E-state index in [1.54, 1.807) is 11.3 Å². The van der Waals surface area contributed by atoms with Gasteiger partial charge < -0.3 is 0 Å². The van der Waals surface area contributed by atoms with Gasteiger partial charge >= 0.3 is 0 Å². The van der Waals surface area contributed by atoms with Gasteiger partial charge in [0.25, 0.3) is 5.78 Å². The van der Waals surface area contributed by atoms with E-state index in [9.17, 15) is 0 Å². The third kappa shape index (κ3) is 3.47. The van der Waals surface area contributed by atoms with E-state index >= 15 is 0 Å². The summed E-state index contributed by atoms with van der Waals surface area (Å²) >= 11 is 13.2. The van der Waals surface area contributed by atoms with E-state index in [1.165, 1.54) is 4.88 Å². The van der Waals surface area contributed by atoms with E-state index in [1.807, 2.05) is 35.1 Å². The average Bonchev–Trinajstić information content (AvgIpc) is 3.02. The molecule has 3 heterocycles. The van der Waals surface area contributed by atoms with Crippen molar-refractivity contribution >= 4 is 40.9 Å². The normalized spacial score (nSPS) is 11.7. The van der Waals surface area contributed by atoms with Gasteiger partial charge in [-0.05, 0) is 50.8 Å². The Morgan fingerprint density at radius 2 is 2.13 bits per heavy atom. The summed E-state index contributed by atoms with van der Waals surface area (Å²) in [5.74, 6) is 0.655. The largest absolute Gasteiger partial charge is 0.279 e. The second-order valence-corrected chi connectivity index (χ2v) is 7.61. The lowest BCUT2D eigenvalue weighted by atomic mass is 10.3. The number of rotatable bonds is 5. The monoisotopic (exact) mass is 367 g/mol. The number of aryl methyl sites for hydroxylation is 2. The first-order valence-electron chi connectivity index (χ1n) is 7.38. The van der Waals surface area contributed by atoms with Gasteiger partial charge in [-0.2, -0.15) is 0 Å². The number of nitrogens with zero attached hydrogens (tertiary/aromatic N) is 5. The van der Waals surface area contributed by atoms with Gasteiger partial charge in [-0.25, -0.2) is 9.67 Å². The van der Waals surface area contributed by atoms with Gasteiger partial charge in [0.1, 0.15) is 0 Å². The average molecular weight is 368 g/mol. The summed E-state index contributed by atoms with van der Waals surface area (Å²) in [6.07, 6.45) is 0. The second-order valence-electron chi connectivity index (χ2n) is 5.45. The zero-order valence-electron chi connectivity index (χ0n) is 13.3. The first kappa shape index (κ1) is 16.6. The number of halogens is 1. The quantitative estimate of drug-likeness (QED) is 0.637. The van der Waals surface area contributed by atoms with Crippen LogP contribution < -0.4 is 0 Å². The maximum absolute atomic E-state index is 6.01. The van der Waals surface area contributed by atoms with Gasteiger partial charge in [0.15, 0.2) is 0 Å². The topological polar surface area (TPSA) is 38.4 Å². The van der Waals surface area contributed by atoms with Gasteiger partial charge in [-0.1, -0.05) is 18.5 Å². The van der Waals surface area contributed by atoms with E-state index in [2.05, 4.69) is 28.0 Å². The molecule has 0 bridgehead atoms. The predicted molar refractivity (Wildman–Crippen MR) is 96.7 cm³/mol. The Labute approximate surface area is 149 Å². The third-order valence-electron chi connectivity index (χ3n) is 3.66. The molecule has 0 N–H and O–H groups in total. The number of aromatic nitrogens is 4. The zero-order valence-corrected chi connectivity index (χ0v) is 15.7. The highest BCUT2D eigenvalue weighted by Gasteiger charge is 2.12. The van der Waals surface area contributed by atoms with E-state index < -0.39 is 0 Å². The van der Waals surface area contributed by atoms with Crippen molar-refractivity contribution in [2.75, 3.05) is 6.54 Å². The van der Waals surface area contributed by atoms with E-state index in [-0.39, 0.29) is 0 Å². The predicted octanol–water partition coefficient (Wildman–Crippen LogP) is 4.07. The van der Waals surface area contributed by atoms with Crippen molar-refractivity contribution in [1.82, 2.24) is 24.1 Å². The first-order valence-corrected chi connectivity index (χ1v) is 8.98. The van der Waals surface area contributed by atoms with Crippen LogP contribution in [-0.4, -0.2) is 30.6 Å². The van der Waals surface area contributed by atoms with E-state index in [4.69, 9.17) is 23.8 Å². The van der Waals surface area contributed by atoms with Crippen LogP contribution in [0.1, 0.15) is 23.2 Å². The van der Waals surface area contributed by atoms with Crippen LogP contribution in [0, 0.1) is 18.6 Å². The maximum Gasteiger partial charge on any atom is 0.254 e. The van der Waals surface area contributed by atoms with Crippen LogP contribution in [0.15, 0.2) is 18.2 Å². The molecule has 0 spiro atoms. The van der Waals surface area contributed by atoms with Crippen molar-refractivity contribution in [2.45, 2.75) is 34.0 Å². The number of hydrogen-bond acceptors (Lipinski definition) is 5. The van der Waals surface area contributed by atoms with Gasteiger partial charge in [0.05, 0.1) is 11.0 Å². The molecular weight excluding hydrogens is 350 g/mol. The summed E-state index contributed by atoms with van der Waals surface area (Å²) in [5, 5.41) is 4.57. The van der Waals surface area contributed by atoms with Crippen molar-refractivity contribution in [1.29, 1.82) is 0 Å². The molecule has 0 aliphatic carbocycles.